The molecule has 1 atom stereocenters. The van der Waals surface area contributed by atoms with Gasteiger partial charge >= 0.3 is 6.09 Å². The fourth-order valence-electron chi connectivity index (χ4n) is 3.69. The SMILES string of the molecule is O=C(NCCC(O)C1CC1)OCC1c2ccccc2-c2ccccc21. The molecule has 2 aromatic carbocycles. The molecule has 0 heterocycles. The summed E-state index contributed by atoms with van der Waals surface area (Å²) in [5, 5.41) is 12.6. The number of alkyl carbamates (subject to hydrolysis) is 1. The normalized spacial score (nSPS) is 16.8. The van der Waals surface area contributed by atoms with Crippen LogP contribution in [0.25, 0.3) is 11.1 Å². The fourth-order valence-corrected chi connectivity index (χ4v) is 3.69. The first-order valence-corrected chi connectivity index (χ1v) is 9.01. The van der Waals surface area contributed by atoms with Crippen LogP contribution in [-0.4, -0.2) is 30.5 Å². The molecule has 130 valence electrons. The lowest BCUT2D eigenvalue weighted by Crippen LogP contribution is -2.29. The molecule has 0 spiro atoms. The summed E-state index contributed by atoms with van der Waals surface area (Å²) in [4.78, 5) is 12.0. The van der Waals surface area contributed by atoms with Crippen molar-refractivity contribution in [3.8, 4) is 11.1 Å². The van der Waals surface area contributed by atoms with Crippen LogP contribution in [0.15, 0.2) is 48.5 Å². The summed E-state index contributed by atoms with van der Waals surface area (Å²) in [5.74, 6) is 0.513. The van der Waals surface area contributed by atoms with Crippen LogP contribution in [0.2, 0.25) is 0 Å². The molecule has 2 aromatic rings. The lowest BCUT2D eigenvalue weighted by Gasteiger charge is -2.15. The molecular weight excluding hydrogens is 314 g/mol. The second kappa shape index (κ2) is 6.89. The van der Waals surface area contributed by atoms with Crippen LogP contribution in [0, 0.1) is 5.92 Å². The highest BCUT2D eigenvalue weighted by atomic mass is 16.5. The van der Waals surface area contributed by atoms with Crippen LogP contribution in [0.1, 0.15) is 36.3 Å². The average Bonchev–Trinajstić information content (AvgIpc) is 3.44. The largest absolute Gasteiger partial charge is 0.449 e. The first-order chi connectivity index (χ1) is 12.2. The summed E-state index contributed by atoms with van der Waals surface area (Å²) in [6.45, 7) is 0.777. The van der Waals surface area contributed by atoms with Crippen molar-refractivity contribution in [2.24, 2.45) is 5.92 Å². The van der Waals surface area contributed by atoms with Crippen molar-refractivity contribution in [2.75, 3.05) is 13.2 Å². The van der Waals surface area contributed by atoms with Gasteiger partial charge in [0.05, 0.1) is 6.10 Å². The molecule has 1 saturated carbocycles. The molecule has 2 aliphatic rings. The van der Waals surface area contributed by atoms with E-state index in [1.54, 1.807) is 0 Å². The number of amides is 1. The molecule has 1 amide bonds. The number of aliphatic hydroxyl groups excluding tert-OH is 1. The molecule has 0 aromatic heterocycles. The van der Waals surface area contributed by atoms with Gasteiger partial charge in [-0.05, 0) is 47.4 Å². The first kappa shape index (κ1) is 16.2. The molecule has 1 unspecified atom stereocenters. The predicted molar refractivity (Wildman–Crippen MR) is 96.4 cm³/mol. The minimum Gasteiger partial charge on any atom is -0.449 e. The molecule has 25 heavy (non-hydrogen) atoms. The van der Waals surface area contributed by atoms with E-state index < -0.39 is 6.09 Å². The molecule has 4 nitrogen and oxygen atoms in total. The summed E-state index contributed by atoms with van der Waals surface area (Å²) in [5.41, 5.74) is 4.86. The van der Waals surface area contributed by atoms with Crippen molar-refractivity contribution < 1.29 is 14.6 Å². The molecule has 0 radical (unpaired) electrons. The van der Waals surface area contributed by atoms with Crippen molar-refractivity contribution in [1.29, 1.82) is 0 Å². The molecule has 0 saturated heterocycles. The standard InChI is InChI=1S/C21H23NO3/c23-20(14-9-10-14)11-12-22-21(24)25-13-19-17-7-3-1-5-15(17)16-6-2-4-8-18(16)19/h1-8,14,19-20,23H,9-13H2,(H,22,24). The number of hydrogen-bond acceptors (Lipinski definition) is 3. The number of aliphatic hydroxyl groups is 1. The second-order valence-electron chi connectivity index (χ2n) is 6.95. The van der Waals surface area contributed by atoms with Crippen LogP contribution in [0.3, 0.4) is 0 Å². The lowest BCUT2D eigenvalue weighted by atomic mass is 9.98. The summed E-state index contributed by atoms with van der Waals surface area (Å²) in [6.07, 6.45) is 2.09. The van der Waals surface area contributed by atoms with E-state index in [1.165, 1.54) is 22.3 Å². The van der Waals surface area contributed by atoms with Gasteiger partial charge in [-0.15, -0.1) is 0 Å². The van der Waals surface area contributed by atoms with Crippen LogP contribution in [0.5, 0.6) is 0 Å². The number of carbonyl (C=O) groups excluding carboxylic acids is 1. The minimum atomic E-state index is -0.412. The van der Waals surface area contributed by atoms with Crippen molar-refractivity contribution in [1.82, 2.24) is 5.32 Å². The summed E-state index contributed by atoms with van der Waals surface area (Å²) < 4.78 is 5.47. The van der Waals surface area contributed by atoms with Gasteiger partial charge in [-0.3, -0.25) is 0 Å². The van der Waals surface area contributed by atoms with Gasteiger partial charge < -0.3 is 15.2 Å². The summed E-state index contributed by atoms with van der Waals surface area (Å²) >= 11 is 0. The van der Waals surface area contributed by atoms with E-state index in [2.05, 4.69) is 29.6 Å². The Balaban J connectivity index is 1.35. The zero-order valence-electron chi connectivity index (χ0n) is 14.2. The molecule has 2 N–H and O–H groups in total. The minimum absolute atomic E-state index is 0.0789. The second-order valence-corrected chi connectivity index (χ2v) is 6.95. The fraction of sp³-hybridized carbons (Fsp3) is 0.381. The number of ether oxygens (including phenoxy) is 1. The van der Waals surface area contributed by atoms with Crippen molar-refractivity contribution in [3.63, 3.8) is 0 Å². The zero-order valence-corrected chi connectivity index (χ0v) is 14.2. The smallest absolute Gasteiger partial charge is 0.407 e. The number of nitrogens with one attached hydrogen (secondary N) is 1. The topological polar surface area (TPSA) is 58.6 Å². The van der Waals surface area contributed by atoms with Gasteiger partial charge in [-0.2, -0.15) is 0 Å². The van der Waals surface area contributed by atoms with Crippen molar-refractivity contribution in [3.05, 3.63) is 59.7 Å². The monoisotopic (exact) mass is 337 g/mol. The van der Waals surface area contributed by atoms with E-state index in [4.69, 9.17) is 4.74 Å². The Labute approximate surface area is 147 Å². The third-order valence-electron chi connectivity index (χ3n) is 5.22. The van der Waals surface area contributed by atoms with Gasteiger partial charge in [0.1, 0.15) is 6.61 Å². The Morgan fingerprint density at radius 3 is 2.28 bits per heavy atom. The zero-order chi connectivity index (χ0) is 17.2. The van der Waals surface area contributed by atoms with E-state index in [0.717, 1.165) is 12.8 Å². The third-order valence-corrected chi connectivity index (χ3v) is 5.22. The van der Waals surface area contributed by atoms with Gasteiger partial charge in [0.25, 0.3) is 0 Å². The molecule has 1 fully saturated rings. The van der Waals surface area contributed by atoms with Gasteiger partial charge in [0, 0.05) is 12.5 Å². The third kappa shape index (κ3) is 3.40. The van der Waals surface area contributed by atoms with E-state index in [1.807, 2.05) is 24.3 Å². The highest BCUT2D eigenvalue weighted by Gasteiger charge is 2.30. The summed E-state index contributed by atoms with van der Waals surface area (Å²) in [6, 6.07) is 16.6. The average molecular weight is 337 g/mol. The molecule has 2 aliphatic carbocycles. The van der Waals surface area contributed by atoms with Gasteiger partial charge in [0.2, 0.25) is 0 Å². The quantitative estimate of drug-likeness (QED) is 0.845. The van der Waals surface area contributed by atoms with E-state index in [-0.39, 0.29) is 12.0 Å². The number of hydrogen-bond donors (Lipinski definition) is 2. The Morgan fingerprint density at radius 2 is 1.68 bits per heavy atom. The van der Waals surface area contributed by atoms with Gasteiger partial charge in [-0.1, -0.05) is 48.5 Å². The highest BCUT2D eigenvalue weighted by molar-refractivity contribution is 5.79. The molecule has 4 heteroatoms. The Morgan fingerprint density at radius 1 is 1.08 bits per heavy atom. The van der Waals surface area contributed by atoms with Crippen molar-refractivity contribution >= 4 is 6.09 Å². The van der Waals surface area contributed by atoms with Crippen LogP contribution < -0.4 is 5.32 Å². The van der Waals surface area contributed by atoms with E-state index in [0.29, 0.717) is 25.5 Å². The summed E-state index contributed by atoms with van der Waals surface area (Å²) in [7, 11) is 0. The molecule has 4 rings (SSSR count). The highest BCUT2D eigenvalue weighted by Crippen LogP contribution is 2.44. The van der Waals surface area contributed by atoms with Crippen LogP contribution in [0.4, 0.5) is 4.79 Å². The van der Waals surface area contributed by atoms with Gasteiger partial charge in [0.15, 0.2) is 0 Å². The van der Waals surface area contributed by atoms with Crippen LogP contribution in [-0.2, 0) is 4.74 Å². The Hall–Kier alpha value is -2.33. The van der Waals surface area contributed by atoms with Crippen LogP contribution >= 0.6 is 0 Å². The maximum atomic E-state index is 12.0. The predicted octanol–water partition coefficient (Wildman–Crippen LogP) is 3.69. The van der Waals surface area contributed by atoms with Gasteiger partial charge in [-0.25, -0.2) is 4.79 Å². The number of carbonyl (C=O) groups is 1. The maximum Gasteiger partial charge on any atom is 0.407 e. The van der Waals surface area contributed by atoms with Crippen molar-refractivity contribution in [2.45, 2.75) is 31.3 Å². The lowest BCUT2D eigenvalue weighted by molar-refractivity contribution is 0.128. The van der Waals surface area contributed by atoms with E-state index >= 15 is 0 Å². The number of fused-ring (bicyclic) bond motifs is 3. The molecular formula is C21H23NO3. The number of benzene rings is 2. The molecule has 0 bridgehead atoms. The van der Waals surface area contributed by atoms with E-state index in [9.17, 15) is 9.90 Å². The Bertz CT molecular complexity index is 724. The first-order valence-electron chi connectivity index (χ1n) is 9.01. The number of rotatable bonds is 6. The maximum absolute atomic E-state index is 12.0. The Kier molecular flexibility index (Phi) is 4.45. The molecule has 0 aliphatic heterocycles.